The first kappa shape index (κ1) is 15.1. The summed E-state index contributed by atoms with van der Waals surface area (Å²) in [5.74, 6) is -0.347. The zero-order chi connectivity index (χ0) is 14.4. The Kier molecular flexibility index (Phi) is 5.39. The lowest BCUT2D eigenvalue weighted by molar-refractivity contribution is -0.116. The lowest BCUT2D eigenvalue weighted by atomic mass is 10.1. The van der Waals surface area contributed by atoms with Crippen LogP contribution >= 0.6 is 15.9 Å². The number of aromatic hydroxyl groups is 1. The Morgan fingerprint density at radius 2 is 2.32 bits per heavy atom. The van der Waals surface area contributed by atoms with Crippen LogP contribution in [0.5, 0.6) is 11.5 Å². The van der Waals surface area contributed by atoms with Gasteiger partial charge in [0.05, 0.1) is 7.11 Å². The van der Waals surface area contributed by atoms with Gasteiger partial charge in [0.25, 0.3) is 5.91 Å². The van der Waals surface area contributed by atoms with Crippen molar-refractivity contribution in [3.05, 3.63) is 27.7 Å². The summed E-state index contributed by atoms with van der Waals surface area (Å²) in [6, 6.07) is 4.98. The summed E-state index contributed by atoms with van der Waals surface area (Å²) in [6.45, 7) is 2.18. The van der Waals surface area contributed by atoms with Crippen LogP contribution in [-0.2, 0) is 4.79 Å². The number of carbonyl (C=O) groups is 1. The molecule has 1 amide bonds. The predicted octanol–water partition coefficient (Wildman–Crippen LogP) is 2.21. The summed E-state index contributed by atoms with van der Waals surface area (Å²) >= 11 is 3.26. The third kappa shape index (κ3) is 3.73. The third-order valence-electron chi connectivity index (χ3n) is 2.29. The molecular formula is C13H13BrN2O3. The van der Waals surface area contributed by atoms with E-state index in [9.17, 15) is 9.90 Å². The largest absolute Gasteiger partial charge is 0.504 e. The minimum absolute atomic E-state index is 0.0858. The Hall–Kier alpha value is -2.00. The molecule has 0 aromatic heterocycles. The lowest BCUT2D eigenvalue weighted by Gasteiger charge is -2.07. The number of amides is 1. The molecule has 0 saturated carbocycles. The van der Waals surface area contributed by atoms with E-state index in [0.29, 0.717) is 16.6 Å². The summed E-state index contributed by atoms with van der Waals surface area (Å²) in [4.78, 5) is 11.6. The fourth-order valence-corrected chi connectivity index (χ4v) is 1.87. The summed E-state index contributed by atoms with van der Waals surface area (Å²) in [5.41, 5.74) is 0.242. The zero-order valence-corrected chi connectivity index (χ0v) is 12.1. The van der Waals surface area contributed by atoms with E-state index in [4.69, 9.17) is 10.00 Å². The first-order chi connectivity index (χ1) is 9.03. The Labute approximate surface area is 119 Å². The highest BCUT2D eigenvalue weighted by atomic mass is 79.9. The van der Waals surface area contributed by atoms with E-state index in [-0.39, 0.29) is 17.1 Å². The number of rotatable bonds is 4. The molecule has 19 heavy (non-hydrogen) atoms. The number of ether oxygens (including phenoxy) is 1. The summed E-state index contributed by atoms with van der Waals surface area (Å²) in [5, 5.41) is 21.4. The molecule has 0 saturated heterocycles. The van der Waals surface area contributed by atoms with Gasteiger partial charge >= 0.3 is 0 Å². The van der Waals surface area contributed by atoms with Crippen LogP contribution in [0.2, 0.25) is 0 Å². The topological polar surface area (TPSA) is 82.4 Å². The van der Waals surface area contributed by atoms with Crippen LogP contribution in [-0.4, -0.2) is 24.7 Å². The number of carbonyl (C=O) groups excluding carboxylic acids is 1. The Morgan fingerprint density at radius 1 is 1.63 bits per heavy atom. The van der Waals surface area contributed by atoms with Crippen molar-refractivity contribution in [1.82, 2.24) is 5.32 Å². The molecule has 6 heteroatoms. The normalized spacial score (nSPS) is 10.7. The number of benzene rings is 1. The van der Waals surface area contributed by atoms with E-state index in [1.165, 1.54) is 13.2 Å². The van der Waals surface area contributed by atoms with Crippen molar-refractivity contribution in [1.29, 1.82) is 5.26 Å². The maximum atomic E-state index is 11.6. The van der Waals surface area contributed by atoms with E-state index in [0.717, 1.165) is 0 Å². The molecule has 0 spiro atoms. The standard InChI is InChI=1S/C13H13BrN2O3/c1-3-16-13(18)9(7-15)4-8-5-10(14)6-11(19-2)12(8)17/h4-6,17H,3H2,1-2H3,(H,16,18)/b9-4+. The molecule has 100 valence electrons. The predicted molar refractivity (Wildman–Crippen MR) is 74.6 cm³/mol. The molecule has 0 aliphatic heterocycles. The molecule has 0 atom stereocenters. The highest BCUT2D eigenvalue weighted by molar-refractivity contribution is 9.10. The van der Waals surface area contributed by atoms with Crippen LogP contribution in [0, 0.1) is 11.3 Å². The number of phenols is 1. The fraction of sp³-hybridized carbons (Fsp3) is 0.231. The van der Waals surface area contributed by atoms with Crippen LogP contribution in [0.3, 0.4) is 0 Å². The number of likely N-dealkylation sites (N-methyl/N-ethyl adjacent to an activating group) is 1. The average molecular weight is 325 g/mol. The maximum absolute atomic E-state index is 11.6. The molecule has 0 unspecified atom stereocenters. The third-order valence-corrected chi connectivity index (χ3v) is 2.75. The van der Waals surface area contributed by atoms with Crippen molar-refractivity contribution in [3.63, 3.8) is 0 Å². The SMILES string of the molecule is CCNC(=O)/C(C#N)=C/c1cc(Br)cc(OC)c1O. The quantitative estimate of drug-likeness (QED) is 0.657. The van der Waals surface area contributed by atoms with Gasteiger partial charge in [-0.05, 0) is 25.1 Å². The smallest absolute Gasteiger partial charge is 0.261 e. The van der Waals surface area contributed by atoms with Crippen molar-refractivity contribution >= 4 is 27.9 Å². The number of nitrogens with one attached hydrogen (secondary N) is 1. The lowest BCUT2D eigenvalue weighted by Crippen LogP contribution is -2.23. The van der Waals surface area contributed by atoms with Crippen LogP contribution in [0.25, 0.3) is 6.08 Å². The second-order valence-electron chi connectivity index (χ2n) is 3.58. The Morgan fingerprint density at radius 3 is 2.84 bits per heavy atom. The first-order valence-corrected chi connectivity index (χ1v) is 6.29. The summed E-state index contributed by atoms with van der Waals surface area (Å²) in [6.07, 6.45) is 1.31. The molecule has 1 aromatic rings. The van der Waals surface area contributed by atoms with E-state index >= 15 is 0 Å². The van der Waals surface area contributed by atoms with Crippen molar-refractivity contribution in [2.75, 3.05) is 13.7 Å². The van der Waals surface area contributed by atoms with E-state index < -0.39 is 5.91 Å². The Balaban J connectivity index is 3.26. The summed E-state index contributed by atoms with van der Waals surface area (Å²) in [7, 11) is 1.42. The van der Waals surface area contributed by atoms with Gasteiger partial charge in [-0.15, -0.1) is 0 Å². The molecule has 2 N–H and O–H groups in total. The zero-order valence-electron chi connectivity index (χ0n) is 10.5. The van der Waals surface area contributed by atoms with Crippen molar-refractivity contribution in [2.45, 2.75) is 6.92 Å². The molecule has 1 aromatic carbocycles. The van der Waals surface area contributed by atoms with Gasteiger partial charge in [0.1, 0.15) is 11.6 Å². The van der Waals surface area contributed by atoms with Crippen LogP contribution in [0.1, 0.15) is 12.5 Å². The van der Waals surface area contributed by atoms with Gasteiger partial charge in [0.2, 0.25) is 0 Å². The van der Waals surface area contributed by atoms with Crippen LogP contribution in [0.15, 0.2) is 22.2 Å². The fourth-order valence-electron chi connectivity index (χ4n) is 1.42. The van der Waals surface area contributed by atoms with E-state index in [1.807, 2.05) is 0 Å². The maximum Gasteiger partial charge on any atom is 0.261 e. The number of methoxy groups -OCH3 is 1. The summed E-state index contributed by atoms with van der Waals surface area (Å²) < 4.78 is 5.67. The number of halogens is 1. The average Bonchev–Trinajstić information content (AvgIpc) is 2.39. The van der Waals surface area contributed by atoms with Crippen molar-refractivity contribution < 1.29 is 14.6 Å². The molecule has 0 heterocycles. The molecule has 0 fully saturated rings. The van der Waals surface area contributed by atoms with Gasteiger partial charge in [0.15, 0.2) is 11.5 Å². The van der Waals surface area contributed by atoms with Gasteiger partial charge in [-0.1, -0.05) is 15.9 Å². The Bertz CT molecular complexity index is 562. The molecular weight excluding hydrogens is 312 g/mol. The van der Waals surface area contributed by atoms with Gasteiger partial charge in [-0.25, -0.2) is 0 Å². The number of nitriles is 1. The van der Waals surface area contributed by atoms with E-state index in [1.54, 1.807) is 25.1 Å². The van der Waals surface area contributed by atoms with Crippen LogP contribution < -0.4 is 10.1 Å². The van der Waals surface area contributed by atoms with Crippen molar-refractivity contribution in [3.8, 4) is 17.6 Å². The minimum Gasteiger partial charge on any atom is -0.504 e. The molecule has 0 aliphatic carbocycles. The second-order valence-corrected chi connectivity index (χ2v) is 4.49. The number of phenolic OH excluding ortho intramolecular Hbond substituents is 1. The van der Waals surface area contributed by atoms with E-state index in [2.05, 4.69) is 21.2 Å². The van der Waals surface area contributed by atoms with Gasteiger partial charge in [-0.3, -0.25) is 4.79 Å². The number of hydrogen-bond donors (Lipinski definition) is 2. The highest BCUT2D eigenvalue weighted by Crippen LogP contribution is 2.34. The molecule has 0 radical (unpaired) electrons. The first-order valence-electron chi connectivity index (χ1n) is 5.50. The second kappa shape index (κ2) is 6.81. The molecule has 1 rings (SSSR count). The monoisotopic (exact) mass is 324 g/mol. The van der Waals surface area contributed by atoms with Gasteiger partial charge in [0, 0.05) is 16.6 Å². The van der Waals surface area contributed by atoms with Gasteiger partial charge < -0.3 is 15.2 Å². The molecule has 5 nitrogen and oxygen atoms in total. The minimum atomic E-state index is -0.483. The highest BCUT2D eigenvalue weighted by Gasteiger charge is 2.12. The van der Waals surface area contributed by atoms with Crippen molar-refractivity contribution in [2.24, 2.45) is 0 Å². The van der Waals surface area contributed by atoms with Gasteiger partial charge in [-0.2, -0.15) is 5.26 Å². The number of nitrogens with zero attached hydrogens (tertiary/aromatic N) is 1. The van der Waals surface area contributed by atoms with Crippen LogP contribution in [0.4, 0.5) is 0 Å². The molecule has 0 aliphatic rings. The number of hydrogen-bond acceptors (Lipinski definition) is 4. The molecule has 0 bridgehead atoms.